The number of pyridine rings is 1. The highest BCUT2D eigenvalue weighted by molar-refractivity contribution is 7.99. The molecule has 0 saturated heterocycles. The molecule has 2 rings (SSSR count). The van der Waals surface area contributed by atoms with E-state index in [-0.39, 0.29) is 0 Å². The molecule has 0 amide bonds. The first-order chi connectivity index (χ1) is 10.8. The normalized spacial score (nSPS) is 12.1. The lowest BCUT2D eigenvalue weighted by atomic mass is 10.0. The van der Waals surface area contributed by atoms with Gasteiger partial charge in [0.25, 0.3) is 0 Å². The third kappa shape index (κ3) is 5.72. The summed E-state index contributed by atoms with van der Waals surface area (Å²) in [5, 5.41) is 0. The molecule has 0 radical (unpaired) electrons. The molecule has 1 unspecified atom stereocenters. The minimum Gasteiger partial charge on any atom is -0.271 e. The first-order valence-corrected chi connectivity index (χ1v) is 9.01. The van der Waals surface area contributed by atoms with Gasteiger partial charge in [0.1, 0.15) is 0 Å². The molecule has 2 nitrogen and oxygen atoms in total. The predicted molar refractivity (Wildman–Crippen MR) is 92.0 cm³/mol. The summed E-state index contributed by atoms with van der Waals surface area (Å²) in [5.74, 6) is 0.658. The van der Waals surface area contributed by atoms with Crippen LogP contribution < -0.4 is 9.57 Å². The Morgan fingerprint density at radius 2 is 1.68 bits per heavy atom. The van der Waals surface area contributed by atoms with E-state index >= 15 is 0 Å². The van der Waals surface area contributed by atoms with Gasteiger partial charge in [-0.25, -0.2) is 0 Å². The first-order valence-electron chi connectivity index (χ1n) is 8.19. The Labute approximate surface area is 138 Å². The standard InChI is InChI=1S/C19H26NOS/c1-3-5-9-17(4-2)16-21-20-14-12-19(13-15-20)22-18-10-7-6-8-11-18/h6-8,10-15,17H,3-5,9,16H2,1-2H3/q+1. The van der Waals surface area contributed by atoms with Crippen LogP contribution in [0.4, 0.5) is 0 Å². The SMILES string of the molecule is CCCCC(CC)CO[n+]1ccc(Sc2ccccc2)cc1. The van der Waals surface area contributed by atoms with Crippen molar-refractivity contribution in [1.29, 1.82) is 0 Å². The van der Waals surface area contributed by atoms with Crippen molar-refractivity contribution in [2.45, 2.75) is 49.3 Å². The van der Waals surface area contributed by atoms with Crippen molar-refractivity contribution in [3.63, 3.8) is 0 Å². The maximum atomic E-state index is 5.87. The smallest absolute Gasteiger partial charge is 0.223 e. The highest BCUT2D eigenvalue weighted by Crippen LogP contribution is 2.25. The summed E-state index contributed by atoms with van der Waals surface area (Å²) < 4.78 is 1.82. The molecule has 0 fully saturated rings. The Morgan fingerprint density at radius 3 is 2.32 bits per heavy atom. The summed E-state index contributed by atoms with van der Waals surface area (Å²) in [6.45, 7) is 5.28. The molecule has 0 aliphatic heterocycles. The van der Waals surface area contributed by atoms with Crippen LogP contribution in [0.15, 0.2) is 64.6 Å². The monoisotopic (exact) mass is 316 g/mol. The zero-order valence-electron chi connectivity index (χ0n) is 13.6. The number of benzene rings is 1. The third-order valence-electron chi connectivity index (χ3n) is 3.75. The van der Waals surface area contributed by atoms with E-state index in [2.05, 4.69) is 50.2 Å². The number of rotatable bonds is 9. The fraction of sp³-hybridized carbons (Fsp3) is 0.421. The van der Waals surface area contributed by atoms with Gasteiger partial charge >= 0.3 is 0 Å². The molecule has 2 aromatic rings. The third-order valence-corrected chi connectivity index (χ3v) is 4.77. The van der Waals surface area contributed by atoms with Crippen LogP contribution in [0, 0.1) is 5.92 Å². The van der Waals surface area contributed by atoms with E-state index in [1.54, 1.807) is 11.8 Å². The molecule has 118 valence electrons. The van der Waals surface area contributed by atoms with Crippen LogP contribution in [-0.4, -0.2) is 6.61 Å². The fourth-order valence-corrected chi connectivity index (χ4v) is 3.09. The largest absolute Gasteiger partial charge is 0.271 e. The highest BCUT2D eigenvalue weighted by Gasteiger charge is 2.10. The molecule has 1 atom stereocenters. The van der Waals surface area contributed by atoms with Gasteiger partial charge in [-0.3, -0.25) is 4.84 Å². The molecule has 1 aromatic carbocycles. The molecular formula is C19H26NOS+. The van der Waals surface area contributed by atoms with Gasteiger partial charge in [0.15, 0.2) is 6.61 Å². The Morgan fingerprint density at radius 1 is 1.00 bits per heavy atom. The number of hydrogen-bond donors (Lipinski definition) is 0. The van der Waals surface area contributed by atoms with Gasteiger partial charge in [-0.1, -0.05) is 56.7 Å². The second-order valence-corrected chi connectivity index (χ2v) is 6.67. The minimum atomic E-state index is 0.658. The minimum absolute atomic E-state index is 0.658. The van der Waals surface area contributed by atoms with Crippen molar-refractivity contribution in [3.8, 4) is 0 Å². The summed E-state index contributed by atoms with van der Waals surface area (Å²) in [5.41, 5.74) is 0. The molecule has 1 heterocycles. The first kappa shape index (κ1) is 16.9. The van der Waals surface area contributed by atoms with Crippen LogP contribution in [0.5, 0.6) is 0 Å². The molecule has 0 bridgehead atoms. The number of unbranched alkanes of at least 4 members (excludes halogenated alkanes) is 1. The van der Waals surface area contributed by atoms with Gasteiger partial charge in [-0.2, -0.15) is 0 Å². The van der Waals surface area contributed by atoms with Gasteiger partial charge < -0.3 is 0 Å². The van der Waals surface area contributed by atoms with E-state index in [1.807, 2.05) is 23.2 Å². The second kappa shape index (κ2) is 9.52. The van der Waals surface area contributed by atoms with Crippen LogP contribution in [0.3, 0.4) is 0 Å². The summed E-state index contributed by atoms with van der Waals surface area (Å²) in [4.78, 5) is 8.35. The zero-order chi connectivity index (χ0) is 15.6. The average Bonchev–Trinajstić information content (AvgIpc) is 2.57. The number of nitrogens with zero attached hydrogens (tertiary/aromatic N) is 1. The molecule has 0 N–H and O–H groups in total. The highest BCUT2D eigenvalue weighted by atomic mass is 32.2. The topological polar surface area (TPSA) is 13.1 Å². The molecule has 3 heteroatoms. The van der Waals surface area contributed by atoms with E-state index in [0.29, 0.717) is 5.92 Å². The summed E-state index contributed by atoms with van der Waals surface area (Å²) in [6.07, 6.45) is 8.99. The van der Waals surface area contributed by atoms with Gasteiger partial charge in [-0.05, 0) is 30.9 Å². The molecule has 0 aliphatic carbocycles. The summed E-state index contributed by atoms with van der Waals surface area (Å²) in [6, 6.07) is 14.6. The van der Waals surface area contributed by atoms with Crippen molar-refractivity contribution in [2.24, 2.45) is 5.92 Å². The lowest BCUT2D eigenvalue weighted by molar-refractivity contribution is -0.892. The quantitative estimate of drug-likeness (QED) is 0.618. The van der Waals surface area contributed by atoms with Gasteiger partial charge in [0, 0.05) is 26.7 Å². The molecule has 0 spiro atoms. The Balaban J connectivity index is 1.83. The number of hydrogen-bond acceptors (Lipinski definition) is 2. The van der Waals surface area contributed by atoms with Crippen LogP contribution in [0.2, 0.25) is 0 Å². The van der Waals surface area contributed by atoms with Crippen molar-refractivity contribution in [2.75, 3.05) is 6.61 Å². The Kier molecular flexibility index (Phi) is 7.31. The van der Waals surface area contributed by atoms with E-state index in [4.69, 9.17) is 4.84 Å². The fourth-order valence-electron chi connectivity index (χ4n) is 2.27. The predicted octanol–water partition coefficient (Wildman–Crippen LogP) is 4.77. The zero-order valence-corrected chi connectivity index (χ0v) is 14.4. The molecule has 22 heavy (non-hydrogen) atoms. The van der Waals surface area contributed by atoms with Crippen molar-refractivity contribution >= 4 is 11.8 Å². The molecule has 0 aliphatic rings. The van der Waals surface area contributed by atoms with Crippen molar-refractivity contribution < 1.29 is 9.57 Å². The Bertz CT molecular complexity index is 527. The van der Waals surface area contributed by atoms with E-state index in [1.165, 1.54) is 35.5 Å². The lowest BCUT2D eigenvalue weighted by Gasteiger charge is -2.11. The van der Waals surface area contributed by atoms with E-state index < -0.39 is 0 Å². The maximum Gasteiger partial charge on any atom is 0.223 e. The van der Waals surface area contributed by atoms with Gasteiger partial charge in [0.2, 0.25) is 12.4 Å². The van der Waals surface area contributed by atoms with E-state index in [0.717, 1.165) is 6.61 Å². The van der Waals surface area contributed by atoms with Gasteiger partial charge in [-0.15, -0.1) is 0 Å². The Hall–Kier alpha value is -1.48. The number of aromatic nitrogens is 1. The van der Waals surface area contributed by atoms with Crippen LogP contribution in [-0.2, 0) is 0 Å². The van der Waals surface area contributed by atoms with Crippen LogP contribution in [0.1, 0.15) is 39.5 Å². The molecule has 0 saturated carbocycles. The van der Waals surface area contributed by atoms with Crippen molar-refractivity contribution in [1.82, 2.24) is 0 Å². The lowest BCUT2D eigenvalue weighted by Crippen LogP contribution is -2.43. The maximum absolute atomic E-state index is 5.87. The van der Waals surface area contributed by atoms with Gasteiger partial charge in [0.05, 0.1) is 0 Å². The summed E-state index contributed by atoms with van der Waals surface area (Å²) in [7, 11) is 0. The van der Waals surface area contributed by atoms with Crippen LogP contribution in [0.25, 0.3) is 0 Å². The van der Waals surface area contributed by atoms with Crippen LogP contribution >= 0.6 is 11.8 Å². The summed E-state index contributed by atoms with van der Waals surface area (Å²) >= 11 is 1.77. The van der Waals surface area contributed by atoms with Crippen molar-refractivity contribution in [3.05, 3.63) is 54.9 Å². The second-order valence-electron chi connectivity index (χ2n) is 5.52. The average molecular weight is 316 g/mol. The van der Waals surface area contributed by atoms with E-state index in [9.17, 15) is 0 Å². The molecule has 1 aromatic heterocycles. The molecular weight excluding hydrogens is 290 g/mol.